The molecular formula is C11H9BrF2N2O2. The van der Waals surface area contributed by atoms with E-state index in [-0.39, 0.29) is 28.0 Å². The Morgan fingerprint density at radius 3 is 2.83 bits per heavy atom. The number of nitrogens with zero attached hydrogens (tertiary/aromatic N) is 2. The molecule has 0 aliphatic carbocycles. The standard InChI is InChI=1S/C11H9BrF2N2O2/c1-2-18-10(17)4-6-7(11(13)14)3-9(12)16-8(6)5-15/h3,11H,2,4H2,1H3. The summed E-state index contributed by atoms with van der Waals surface area (Å²) in [5.74, 6) is -0.667. The van der Waals surface area contributed by atoms with Gasteiger partial charge in [0.15, 0.2) is 0 Å². The molecule has 96 valence electrons. The minimum absolute atomic E-state index is 0.0887. The molecule has 1 aromatic rings. The van der Waals surface area contributed by atoms with Crippen LogP contribution in [0.15, 0.2) is 10.7 Å². The summed E-state index contributed by atoms with van der Waals surface area (Å²) in [5, 5.41) is 8.86. The number of ether oxygens (including phenoxy) is 1. The predicted octanol–water partition coefficient (Wildman–Crippen LogP) is 2.76. The lowest BCUT2D eigenvalue weighted by Crippen LogP contribution is -2.12. The molecule has 1 rings (SSSR count). The van der Waals surface area contributed by atoms with Crippen LogP contribution in [0.4, 0.5) is 8.78 Å². The third-order valence-electron chi connectivity index (χ3n) is 2.09. The number of pyridine rings is 1. The lowest BCUT2D eigenvalue weighted by atomic mass is 10.0. The van der Waals surface area contributed by atoms with Crippen molar-refractivity contribution in [3.05, 3.63) is 27.5 Å². The van der Waals surface area contributed by atoms with Crippen molar-refractivity contribution in [3.8, 4) is 6.07 Å². The van der Waals surface area contributed by atoms with E-state index in [1.807, 2.05) is 0 Å². The van der Waals surface area contributed by atoms with E-state index in [0.29, 0.717) is 0 Å². The second-order valence-electron chi connectivity index (χ2n) is 3.26. The first-order chi connectivity index (χ1) is 8.49. The summed E-state index contributed by atoms with van der Waals surface area (Å²) in [6, 6.07) is 2.79. The highest BCUT2D eigenvalue weighted by Gasteiger charge is 2.21. The first-order valence-electron chi connectivity index (χ1n) is 5.02. The predicted molar refractivity (Wildman–Crippen MR) is 61.9 cm³/mol. The third kappa shape index (κ3) is 3.47. The molecule has 0 unspecified atom stereocenters. The molecule has 0 aliphatic rings. The average molecular weight is 319 g/mol. The van der Waals surface area contributed by atoms with Crippen molar-refractivity contribution in [1.29, 1.82) is 5.26 Å². The monoisotopic (exact) mass is 318 g/mol. The molecule has 0 bridgehead atoms. The second-order valence-corrected chi connectivity index (χ2v) is 4.07. The highest BCUT2D eigenvalue weighted by atomic mass is 79.9. The Morgan fingerprint density at radius 1 is 1.67 bits per heavy atom. The lowest BCUT2D eigenvalue weighted by Gasteiger charge is -2.10. The van der Waals surface area contributed by atoms with Gasteiger partial charge in [0, 0.05) is 11.1 Å². The summed E-state index contributed by atoms with van der Waals surface area (Å²) < 4.78 is 30.5. The summed E-state index contributed by atoms with van der Waals surface area (Å²) in [4.78, 5) is 15.1. The van der Waals surface area contributed by atoms with Gasteiger partial charge in [0.1, 0.15) is 16.4 Å². The summed E-state index contributed by atoms with van der Waals surface area (Å²) in [5.41, 5.74) is -0.677. The molecule has 4 nitrogen and oxygen atoms in total. The normalized spacial score (nSPS) is 10.2. The van der Waals surface area contributed by atoms with Crippen molar-refractivity contribution in [1.82, 2.24) is 4.98 Å². The van der Waals surface area contributed by atoms with Crippen LogP contribution in [0.5, 0.6) is 0 Å². The Hall–Kier alpha value is -1.55. The van der Waals surface area contributed by atoms with Crippen LogP contribution < -0.4 is 0 Å². The van der Waals surface area contributed by atoms with Crippen LogP contribution in [0, 0.1) is 11.3 Å². The van der Waals surface area contributed by atoms with Gasteiger partial charge in [-0.3, -0.25) is 4.79 Å². The van der Waals surface area contributed by atoms with E-state index in [9.17, 15) is 13.6 Å². The van der Waals surface area contributed by atoms with E-state index < -0.39 is 18.8 Å². The minimum Gasteiger partial charge on any atom is -0.466 e. The Kier molecular flexibility index (Phi) is 5.16. The molecular weight excluding hydrogens is 310 g/mol. The second kappa shape index (κ2) is 6.40. The smallest absolute Gasteiger partial charge is 0.310 e. The van der Waals surface area contributed by atoms with Gasteiger partial charge in [-0.1, -0.05) is 0 Å². The van der Waals surface area contributed by atoms with Crippen LogP contribution in [-0.4, -0.2) is 17.6 Å². The maximum absolute atomic E-state index is 12.8. The minimum atomic E-state index is -2.79. The van der Waals surface area contributed by atoms with Gasteiger partial charge in [0.05, 0.1) is 13.0 Å². The van der Waals surface area contributed by atoms with E-state index >= 15 is 0 Å². The molecule has 0 saturated heterocycles. The van der Waals surface area contributed by atoms with Crippen molar-refractivity contribution < 1.29 is 18.3 Å². The van der Waals surface area contributed by atoms with Gasteiger partial charge in [-0.05, 0) is 28.9 Å². The fourth-order valence-corrected chi connectivity index (χ4v) is 1.81. The average Bonchev–Trinajstić information content (AvgIpc) is 2.30. The largest absolute Gasteiger partial charge is 0.466 e. The molecule has 0 fully saturated rings. The number of halogens is 3. The third-order valence-corrected chi connectivity index (χ3v) is 2.50. The molecule has 7 heteroatoms. The molecule has 0 aliphatic heterocycles. The zero-order valence-corrected chi connectivity index (χ0v) is 11.0. The molecule has 0 amide bonds. The zero-order valence-electron chi connectivity index (χ0n) is 9.41. The van der Waals surface area contributed by atoms with Crippen LogP contribution in [-0.2, 0) is 16.0 Å². The molecule has 0 spiro atoms. The van der Waals surface area contributed by atoms with Gasteiger partial charge in [0.2, 0.25) is 0 Å². The number of nitriles is 1. The number of carbonyl (C=O) groups is 1. The summed E-state index contributed by atoms with van der Waals surface area (Å²) in [6.07, 6.45) is -3.18. The van der Waals surface area contributed by atoms with Crippen LogP contribution in [0.25, 0.3) is 0 Å². The number of aromatic nitrogens is 1. The number of esters is 1. The van der Waals surface area contributed by atoms with Gasteiger partial charge < -0.3 is 4.74 Å². The van der Waals surface area contributed by atoms with Crippen molar-refractivity contribution >= 4 is 21.9 Å². The van der Waals surface area contributed by atoms with Gasteiger partial charge >= 0.3 is 5.97 Å². The van der Waals surface area contributed by atoms with E-state index in [0.717, 1.165) is 6.07 Å². The molecule has 0 radical (unpaired) electrons. The van der Waals surface area contributed by atoms with Crippen LogP contribution in [0.1, 0.15) is 30.2 Å². The van der Waals surface area contributed by atoms with Gasteiger partial charge in [0.25, 0.3) is 6.43 Å². The van der Waals surface area contributed by atoms with Crippen molar-refractivity contribution in [2.24, 2.45) is 0 Å². The van der Waals surface area contributed by atoms with Crippen LogP contribution in [0.2, 0.25) is 0 Å². The Bertz CT molecular complexity index is 501. The number of hydrogen-bond acceptors (Lipinski definition) is 4. The molecule has 0 aromatic carbocycles. The van der Waals surface area contributed by atoms with E-state index in [2.05, 4.69) is 25.7 Å². The topological polar surface area (TPSA) is 63.0 Å². The molecule has 1 heterocycles. The Balaban J connectivity index is 3.22. The van der Waals surface area contributed by atoms with Crippen LogP contribution in [0.3, 0.4) is 0 Å². The summed E-state index contributed by atoms with van der Waals surface area (Å²) >= 11 is 2.94. The number of carbonyl (C=O) groups excluding carboxylic acids is 1. The molecule has 1 aromatic heterocycles. The van der Waals surface area contributed by atoms with E-state index in [1.54, 1.807) is 13.0 Å². The van der Waals surface area contributed by atoms with Crippen molar-refractivity contribution in [2.45, 2.75) is 19.8 Å². The van der Waals surface area contributed by atoms with Crippen molar-refractivity contribution in [2.75, 3.05) is 6.61 Å². The van der Waals surface area contributed by atoms with Crippen LogP contribution >= 0.6 is 15.9 Å². The molecule has 0 saturated carbocycles. The summed E-state index contributed by atoms with van der Waals surface area (Å²) in [7, 11) is 0. The zero-order chi connectivity index (χ0) is 13.7. The van der Waals surface area contributed by atoms with Crippen molar-refractivity contribution in [3.63, 3.8) is 0 Å². The van der Waals surface area contributed by atoms with Gasteiger partial charge in [-0.2, -0.15) is 5.26 Å². The fraction of sp³-hybridized carbons (Fsp3) is 0.364. The molecule has 0 atom stereocenters. The SMILES string of the molecule is CCOC(=O)Cc1c(C(F)F)cc(Br)nc1C#N. The van der Waals surface area contributed by atoms with Gasteiger partial charge in [-0.15, -0.1) is 0 Å². The highest BCUT2D eigenvalue weighted by Crippen LogP contribution is 2.27. The first kappa shape index (κ1) is 14.5. The highest BCUT2D eigenvalue weighted by molar-refractivity contribution is 9.10. The van der Waals surface area contributed by atoms with E-state index in [4.69, 9.17) is 5.26 Å². The maximum atomic E-state index is 12.8. The number of alkyl halides is 2. The number of hydrogen-bond donors (Lipinski definition) is 0. The van der Waals surface area contributed by atoms with E-state index in [1.165, 1.54) is 0 Å². The molecule has 18 heavy (non-hydrogen) atoms. The fourth-order valence-electron chi connectivity index (χ4n) is 1.39. The quantitative estimate of drug-likeness (QED) is 0.632. The Labute approximate surface area is 111 Å². The Morgan fingerprint density at radius 2 is 2.33 bits per heavy atom. The lowest BCUT2D eigenvalue weighted by molar-refractivity contribution is -0.142. The summed E-state index contributed by atoms with van der Waals surface area (Å²) in [6.45, 7) is 1.76. The maximum Gasteiger partial charge on any atom is 0.310 e. The first-order valence-corrected chi connectivity index (χ1v) is 5.82. The number of rotatable bonds is 4. The van der Waals surface area contributed by atoms with Gasteiger partial charge in [-0.25, -0.2) is 13.8 Å². The molecule has 0 N–H and O–H groups in total.